The van der Waals surface area contributed by atoms with Gasteiger partial charge in [-0.15, -0.1) is 0 Å². The van der Waals surface area contributed by atoms with Crippen molar-refractivity contribution in [2.45, 2.75) is 25.9 Å². The van der Waals surface area contributed by atoms with E-state index < -0.39 is 0 Å². The van der Waals surface area contributed by atoms with E-state index in [4.69, 9.17) is 15.2 Å². The molecule has 1 aliphatic rings. The van der Waals surface area contributed by atoms with Crippen LogP contribution in [-0.4, -0.2) is 18.7 Å². The van der Waals surface area contributed by atoms with Gasteiger partial charge in [-0.05, 0) is 40.5 Å². The minimum Gasteiger partial charge on any atom is -0.454 e. The van der Waals surface area contributed by atoms with Gasteiger partial charge in [-0.1, -0.05) is 0 Å². The Labute approximate surface area is 114 Å². The van der Waals surface area contributed by atoms with Crippen LogP contribution in [0.25, 0.3) is 0 Å². The summed E-state index contributed by atoms with van der Waals surface area (Å²) in [5, 5.41) is 3.23. The standard InChI is InChI=1S/C12H15BrN2O3/c1-7(2-11(14)16)15-5-8-3-9(13)12-10(4-8)17-6-18-12/h3-4,7,15H,2,5-6H2,1H3,(H2,14,16). The van der Waals surface area contributed by atoms with Gasteiger partial charge in [0.2, 0.25) is 12.7 Å². The fraction of sp³-hybridized carbons (Fsp3) is 0.417. The molecule has 6 heteroatoms. The van der Waals surface area contributed by atoms with Crippen LogP contribution in [0.3, 0.4) is 0 Å². The first-order chi connectivity index (χ1) is 8.56. The first kappa shape index (κ1) is 13.2. The van der Waals surface area contributed by atoms with E-state index >= 15 is 0 Å². The zero-order valence-corrected chi connectivity index (χ0v) is 11.6. The van der Waals surface area contributed by atoms with E-state index in [1.165, 1.54) is 0 Å². The summed E-state index contributed by atoms with van der Waals surface area (Å²) in [5.74, 6) is 1.18. The molecule has 0 radical (unpaired) electrons. The summed E-state index contributed by atoms with van der Waals surface area (Å²) < 4.78 is 11.5. The van der Waals surface area contributed by atoms with Gasteiger partial charge in [0.15, 0.2) is 11.5 Å². The predicted octanol–water partition coefficient (Wildman–Crippen LogP) is 1.53. The van der Waals surface area contributed by atoms with Crippen LogP contribution in [0.15, 0.2) is 16.6 Å². The van der Waals surface area contributed by atoms with Gasteiger partial charge < -0.3 is 20.5 Å². The summed E-state index contributed by atoms with van der Waals surface area (Å²) in [6.45, 7) is 2.82. The molecule has 0 saturated heterocycles. The summed E-state index contributed by atoms with van der Waals surface area (Å²) in [6.07, 6.45) is 0.325. The average Bonchev–Trinajstić information content (AvgIpc) is 2.74. The third kappa shape index (κ3) is 3.14. The van der Waals surface area contributed by atoms with E-state index in [0.717, 1.165) is 21.5 Å². The Morgan fingerprint density at radius 2 is 2.33 bits per heavy atom. The van der Waals surface area contributed by atoms with E-state index in [1.807, 2.05) is 19.1 Å². The predicted molar refractivity (Wildman–Crippen MR) is 70.4 cm³/mol. The van der Waals surface area contributed by atoms with Crippen molar-refractivity contribution in [2.75, 3.05) is 6.79 Å². The molecule has 0 spiro atoms. The van der Waals surface area contributed by atoms with Crippen molar-refractivity contribution in [3.8, 4) is 11.5 Å². The molecule has 1 aliphatic heterocycles. The molecule has 1 aromatic carbocycles. The molecule has 0 saturated carbocycles. The quantitative estimate of drug-likeness (QED) is 0.864. The van der Waals surface area contributed by atoms with Crippen LogP contribution in [0.5, 0.6) is 11.5 Å². The lowest BCUT2D eigenvalue weighted by atomic mass is 10.1. The Morgan fingerprint density at radius 3 is 3.06 bits per heavy atom. The number of nitrogens with one attached hydrogen (secondary N) is 1. The minimum absolute atomic E-state index is 0.0479. The number of amides is 1. The van der Waals surface area contributed by atoms with E-state index in [2.05, 4.69) is 21.2 Å². The maximum absolute atomic E-state index is 10.8. The second-order valence-electron chi connectivity index (χ2n) is 4.26. The van der Waals surface area contributed by atoms with Crippen molar-refractivity contribution in [1.82, 2.24) is 5.32 Å². The molecule has 18 heavy (non-hydrogen) atoms. The summed E-state index contributed by atoms with van der Waals surface area (Å²) >= 11 is 3.44. The number of carbonyl (C=O) groups is 1. The van der Waals surface area contributed by atoms with Crippen LogP contribution in [0.1, 0.15) is 18.9 Å². The van der Waals surface area contributed by atoms with Crippen molar-refractivity contribution in [3.05, 3.63) is 22.2 Å². The molecule has 3 N–H and O–H groups in total. The number of carbonyl (C=O) groups excluding carboxylic acids is 1. The summed E-state index contributed by atoms with van der Waals surface area (Å²) in [5.41, 5.74) is 6.20. The largest absolute Gasteiger partial charge is 0.454 e. The van der Waals surface area contributed by atoms with Crippen molar-refractivity contribution >= 4 is 21.8 Å². The summed E-state index contributed by atoms with van der Waals surface area (Å²) in [4.78, 5) is 10.8. The van der Waals surface area contributed by atoms with Crippen LogP contribution in [0, 0.1) is 0 Å². The summed E-state index contributed by atoms with van der Waals surface area (Å²) in [7, 11) is 0. The molecule has 1 unspecified atom stereocenters. The first-order valence-corrected chi connectivity index (χ1v) is 6.45. The molecule has 1 heterocycles. The van der Waals surface area contributed by atoms with Crippen LogP contribution in [0.2, 0.25) is 0 Å². The zero-order valence-electron chi connectivity index (χ0n) is 10.0. The number of halogens is 1. The second kappa shape index (κ2) is 5.58. The van der Waals surface area contributed by atoms with Gasteiger partial charge in [-0.2, -0.15) is 0 Å². The fourth-order valence-electron chi connectivity index (χ4n) is 1.79. The van der Waals surface area contributed by atoms with Gasteiger partial charge in [0.25, 0.3) is 0 Å². The van der Waals surface area contributed by atoms with Gasteiger partial charge in [-0.3, -0.25) is 4.79 Å². The maximum Gasteiger partial charge on any atom is 0.231 e. The Balaban J connectivity index is 1.98. The molecule has 1 amide bonds. The Kier molecular flexibility index (Phi) is 4.08. The highest BCUT2D eigenvalue weighted by atomic mass is 79.9. The number of hydrogen-bond acceptors (Lipinski definition) is 4. The van der Waals surface area contributed by atoms with Crippen molar-refractivity contribution in [3.63, 3.8) is 0 Å². The molecular weight excluding hydrogens is 300 g/mol. The fourth-order valence-corrected chi connectivity index (χ4v) is 2.39. The average molecular weight is 315 g/mol. The van der Waals surface area contributed by atoms with Gasteiger partial charge >= 0.3 is 0 Å². The van der Waals surface area contributed by atoms with Gasteiger partial charge in [0.1, 0.15) is 0 Å². The van der Waals surface area contributed by atoms with Crippen LogP contribution in [-0.2, 0) is 11.3 Å². The SMILES string of the molecule is CC(CC(N)=O)NCc1cc(Br)c2c(c1)OCO2. The number of benzene rings is 1. The molecule has 2 rings (SSSR count). The lowest BCUT2D eigenvalue weighted by Crippen LogP contribution is -2.30. The lowest BCUT2D eigenvalue weighted by molar-refractivity contribution is -0.118. The van der Waals surface area contributed by atoms with Crippen molar-refractivity contribution in [1.29, 1.82) is 0 Å². The Morgan fingerprint density at radius 1 is 1.56 bits per heavy atom. The molecule has 98 valence electrons. The van der Waals surface area contributed by atoms with Gasteiger partial charge in [0.05, 0.1) is 4.47 Å². The number of nitrogens with two attached hydrogens (primary N) is 1. The lowest BCUT2D eigenvalue weighted by Gasteiger charge is -2.12. The van der Waals surface area contributed by atoms with Crippen molar-refractivity contribution < 1.29 is 14.3 Å². The number of ether oxygens (including phenoxy) is 2. The van der Waals surface area contributed by atoms with E-state index in [1.54, 1.807) is 0 Å². The second-order valence-corrected chi connectivity index (χ2v) is 5.12. The number of fused-ring (bicyclic) bond motifs is 1. The Bertz CT molecular complexity index is 465. The normalized spacial score (nSPS) is 14.6. The number of primary amides is 1. The molecule has 5 nitrogen and oxygen atoms in total. The molecule has 0 fully saturated rings. The topological polar surface area (TPSA) is 73.6 Å². The van der Waals surface area contributed by atoms with E-state index in [0.29, 0.717) is 13.0 Å². The number of hydrogen-bond donors (Lipinski definition) is 2. The molecule has 0 aromatic heterocycles. The molecule has 1 atom stereocenters. The third-order valence-electron chi connectivity index (χ3n) is 2.65. The van der Waals surface area contributed by atoms with Crippen molar-refractivity contribution in [2.24, 2.45) is 5.73 Å². The smallest absolute Gasteiger partial charge is 0.231 e. The Hall–Kier alpha value is -1.27. The van der Waals surface area contributed by atoms with E-state index in [9.17, 15) is 4.79 Å². The highest BCUT2D eigenvalue weighted by Crippen LogP contribution is 2.39. The highest BCUT2D eigenvalue weighted by Gasteiger charge is 2.18. The van der Waals surface area contributed by atoms with Gasteiger partial charge in [-0.25, -0.2) is 0 Å². The van der Waals surface area contributed by atoms with Crippen LogP contribution >= 0.6 is 15.9 Å². The van der Waals surface area contributed by atoms with Gasteiger partial charge in [0, 0.05) is 19.0 Å². The third-order valence-corrected chi connectivity index (χ3v) is 3.24. The zero-order chi connectivity index (χ0) is 13.1. The monoisotopic (exact) mass is 314 g/mol. The highest BCUT2D eigenvalue weighted by molar-refractivity contribution is 9.10. The van der Waals surface area contributed by atoms with Crippen LogP contribution in [0.4, 0.5) is 0 Å². The first-order valence-electron chi connectivity index (χ1n) is 5.66. The summed E-state index contributed by atoms with van der Waals surface area (Å²) in [6, 6.07) is 3.95. The molecule has 0 bridgehead atoms. The van der Waals surface area contributed by atoms with Crippen LogP contribution < -0.4 is 20.5 Å². The molecule has 0 aliphatic carbocycles. The van der Waals surface area contributed by atoms with E-state index in [-0.39, 0.29) is 18.7 Å². The number of rotatable bonds is 5. The minimum atomic E-state index is -0.304. The molecule has 1 aromatic rings. The molecular formula is C12H15BrN2O3. The maximum atomic E-state index is 10.8.